The molecule has 2 aromatic carbocycles. The van der Waals surface area contributed by atoms with Crippen LogP contribution in [-0.4, -0.2) is 0 Å². The fourth-order valence-corrected chi connectivity index (χ4v) is 2.90. The molecule has 0 saturated heterocycles. The van der Waals surface area contributed by atoms with Gasteiger partial charge in [0.25, 0.3) is 0 Å². The van der Waals surface area contributed by atoms with Crippen molar-refractivity contribution in [2.75, 3.05) is 5.32 Å². The number of hydrogen-bond acceptors (Lipinski definition) is 1. The zero-order valence-electron chi connectivity index (χ0n) is 11.6. The van der Waals surface area contributed by atoms with Crippen molar-refractivity contribution in [3.8, 4) is 0 Å². The monoisotopic (exact) mass is 291 g/mol. The molecule has 1 aliphatic heterocycles. The maximum absolute atomic E-state index is 12.6. The lowest BCUT2D eigenvalue weighted by molar-refractivity contribution is -0.137. The third kappa shape index (κ3) is 2.75. The zero-order valence-corrected chi connectivity index (χ0v) is 11.6. The van der Waals surface area contributed by atoms with E-state index in [1.165, 1.54) is 5.56 Å². The van der Waals surface area contributed by atoms with Gasteiger partial charge >= 0.3 is 6.18 Å². The minimum Gasteiger partial charge on any atom is -0.378 e. The summed E-state index contributed by atoms with van der Waals surface area (Å²) in [4.78, 5) is 0. The highest BCUT2D eigenvalue weighted by molar-refractivity contribution is 5.55. The number of benzene rings is 2. The maximum Gasteiger partial charge on any atom is 0.416 e. The minimum absolute atomic E-state index is 0.0437. The van der Waals surface area contributed by atoms with Crippen molar-refractivity contribution in [3.05, 3.63) is 65.2 Å². The first-order chi connectivity index (χ1) is 9.95. The molecule has 0 amide bonds. The van der Waals surface area contributed by atoms with E-state index < -0.39 is 11.7 Å². The Balaban J connectivity index is 1.88. The standard InChI is InChI=1S/C17H16F3N/c1-11-10-13-4-2-3-5-15(13)21-16(11)12-6-8-14(9-7-12)17(18,19)20/h2-9,11,16,21H,10H2,1H3. The van der Waals surface area contributed by atoms with Crippen LogP contribution >= 0.6 is 0 Å². The third-order valence-electron chi connectivity index (χ3n) is 4.04. The van der Waals surface area contributed by atoms with Crippen LogP contribution in [0.5, 0.6) is 0 Å². The van der Waals surface area contributed by atoms with E-state index in [0.29, 0.717) is 5.92 Å². The van der Waals surface area contributed by atoms with Crippen LogP contribution in [0.15, 0.2) is 48.5 Å². The molecule has 2 aromatic rings. The Hall–Kier alpha value is -1.97. The Labute approximate surface area is 121 Å². The number of anilines is 1. The Bertz CT molecular complexity index is 631. The second-order valence-corrected chi connectivity index (χ2v) is 5.58. The summed E-state index contributed by atoms with van der Waals surface area (Å²) < 4.78 is 37.9. The second kappa shape index (κ2) is 5.10. The molecule has 21 heavy (non-hydrogen) atoms. The predicted octanol–water partition coefficient (Wildman–Crippen LogP) is 5.05. The SMILES string of the molecule is CC1Cc2ccccc2NC1c1ccc(C(F)(F)F)cc1. The molecule has 0 aliphatic carbocycles. The fraction of sp³-hybridized carbons (Fsp3) is 0.294. The van der Waals surface area contributed by atoms with Crippen molar-refractivity contribution in [2.24, 2.45) is 5.92 Å². The summed E-state index contributed by atoms with van der Waals surface area (Å²) in [6, 6.07) is 13.6. The smallest absolute Gasteiger partial charge is 0.378 e. The number of halogens is 3. The normalized spacial score (nSPS) is 21.5. The number of rotatable bonds is 1. The molecule has 3 rings (SSSR count). The first-order valence-corrected chi connectivity index (χ1v) is 6.97. The van der Waals surface area contributed by atoms with E-state index in [1.54, 1.807) is 12.1 Å². The molecule has 1 nitrogen and oxygen atoms in total. The van der Waals surface area contributed by atoms with Crippen LogP contribution in [0.2, 0.25) is 0 Å². The van der Waals surface area contributed by atoms with Crippen molar-refractivity contribution >= 4 is 5.69 Å². The van der Waals surface area contributed by atoms with Crippen molar-refractivity contribution < 1.29 is 13.2 Å². The lowest BCUT2D eigenvalue weighted by Gasteiger charge is -2.33. The summed E-state index contributed by atoms with van der Waals surface area (Å²) >= 11 is 0. The van der Waals surface area contributed by atoms with E-state index in [0.717, 1.165) is 29.8 Å². The van der Waals surface area contributed by atoms with Crippen molar-refractivity contribution in [3.63, 3.8) is 0 Å². The Morgan fingerprint density at radius 2 is 1.67 bits per heavy atom. The van der Waals surface area contributed by atoms with E-state index in [-0.39, 0.29) is 6.04 Å². The molecule has 0 radical (unpaired) electrons. The molecule has 1 N–H and O–H groups in total. The maximum atomic E-state index is 12.6. The summed E-state index contributed by atoms with van der Waals surface area (Å²) in [5.74, 6) is 0.330. The topological polar surface area (TPSA) is 12.0 Å². The Kier molecular flexibility index (Phi) is 3.40. The lowest BCUT2D eigenvalue weighted by atomic mass is 9.85. The molecule has 1 aliphatic rings. The summed E-state index contributed by atoms with van der Waals surface area (Å²) in [6.45, 7) is 2.12. The summed E-state index contributed by atoms with van der Waals surface area (Å²) in [5.41, 5.74) is 2.62. The van der Waals surface area contributed by atoms with Gasteiger partial charge in [-0.1, -0.05) is 37.3 Å². The van der Waals surface area contributed by atoms with Crippen LogP contribution < -0.4 is 5.32 Å². The fourth-order valence-electron chi connectivity index (χ4n) is 2.90. The highest BCUT2D eigenvalue weighted by Crippen LogP contribution is 2.37. The van der Waals surface area contributed by atoms with Gasteiger partial charge in [-0.15, -0.1) is 0 Å². The van der Waals surface area contributed by atoms with Gasteiger partial charge in [0.05, 0.1) is 11.6 Å². The van der Waals surface area contributed by atoms with Gasteiger partial charge in [0.15, 0.2) is 0 Å². The first-order valence-electron chi connectivity index (χ1n) is 6.97. The molecule has 0 fully saturated rings. The molecule has 4 heteroatoms. The van der Waals surface area contributed by atoms with Gasteiger partial charge in [0, 0.05) is 5.69 Å². The second-order valence-electron chi connectivity index (χ2n) is 5.58. The third-order valence-corrected chi connectivity index (χ3v) is 4.04. The molecular weight excluding hydrogens is 275 g/mol. The van der Waals surface area contributed by atoms with Crippen LogP contribution in [-0.2, 0) is 12.6 Å². The molecule has 2 atom stereocenters. The Morgan fingerprint density at radius 1 is 1.00 bits per heavy atom. The lowest BCUT2D eigenvalue weighted by Crippen LogP contribution is -2.26. The molecule has 0 saturated carbocycles. The average molecular weight is 291 g/mol. The van der Waals surface area contributed by atoms with Gasteiger partial charge in [0.2, 0.25) is 0 Å². The van der Waals surface area contributed by atoms with Gasteiger partial charge in [-0.05, 0) is 41.7 Å². The van der Waals surface area contributed by atoms with Gasteiger partial charge in [0.1, 0.15) is 0 Å². The molecule has 2 unspecified atom stereocenters. The number of alkyl halides is 3. The Morgan fingerprint density at radius 3 is 2.33 bits per heavy atom. The number of hydrogen-bond donors (Lipinski definition) is 1. The summed E-state index contributed by atoms with van der Waals surface area (Å²) in [5, 5.41) is 3.44. The molecule has 0 aromatic heterocycles. The average Bonchev–Trinajstić information content (AvgIpc) is 2.46. The van der Waals surface area contributed by atoms with E-state index in [2.05, 4.69) is 18.3 Å². The molecular formula is C17H16F3N. The number of para-hydroxylation sites is 1. The van der Waals surface area contributed by atoms with E-state index >= 15 is 0 Å². The molecule has 110 valence electrons. The van der Waals surface area contributed by atoms with Gasteiger partial charge in [-0.2, -0.15) is 13.2 Å². The van der Waals surface area contributed by atoms with E-state index in [1.807, 2.05) is 18.2 Å². The van der Waals surface area contributed by atoms with E-state index in [9.17, 15) is 13.2 Å². The molecule has 1 heterocycles. The minimum atomic E-state index is -4.28. The summed E-state index contributed by atoms with van der Waals surface area (Å²) in [7, 11) is 0. The molecule has 0 bridgehead atoms. The van der Waals surface area contributed by atoms with Crippen molar-refractivity contribution in [1.82, 2.24) is 0 Å². The summed E-state index contributed by atoms with van der Waals surface area (Å²) in [6.07, 6.45) is -3.36. The van der Waals surface area contributed by atoms with E-state index in [4.69, 9.17) is 0 Å². The molecule has 0 spiro atoms. The van der Waals surface area contributed by atoms with Crippen LogP contribution in [0.3, 0.4) is 0 Å². The van der Waals surface area contributed by atoms with Gasteiger partial charge < -0.3 is 5.32 Å². The van der Waals surface area contributed by atoms with Crippen molar-refractivity contribution in [2.45, 2.75) is 25.6 Å². The van der Waals surface area contributed by atoms with Gasteiger partial charge in [-0.3, -0.25) is 0 Å². The van der Waals surface area contributed by atoms with Gasteiger partial charge in [-0.25, -0.2) is 0 Å². The predicted molar refractivity (Wildman–Crippen MR) is 77.1 cm³/mol. The zero-order chi connectivity index (χ0) is 15.0. The van der Waals surface area contributed by atoms with Crippen LogP contribution in [0.1, 0.15) is 29.7 Å². The van der Waals surface area contributed by atoms with Crippen LogP contribution in [0, 0.1) is 5.92 Å². The number of fused-ring (bicyclic) bond motifs is 1. The van der Waals surface area contributed by atoms with Crippen LogP contribution in [0.25, 0.3) is 0 Å². The quantitative estimate of drug-likeness (QED) is 0.775. The number of nitrogens with one attached hydrogen (secondary N) is 1. The highest BCUT2D eigenvalue weighted by Gasteiger charge is 2.31. The largest absolute Gasteiger partial charge is 0.416 e. The highest BCUT2D eigenvalue weighted by atomic mass is 19.4. The first kappa shape index (κ1) is 14.0. The van der Waals surface area contributed by atoms with Crippen LogP contribution in [0.4, 0.5) is 18.9 Å². The van der Waals surface area contributed by atoms with Crippen molar-refractivity contribution in [1.29, 1.82) is 0 Å².